The number of aryl methyl sites for hydroxylation is 1. The highest BCUT2D eigenvalue weighted by Gasteiger charge is 2.26. The van der Waals surface area contributed by atoms with Crippen LogP contribution in [0.25, 0.3) is 0 Å². The van der Waals surface area contributed by atoms with Crippen molar-refractivity contribution in [1.82, 2.24) is 20.1 Å². The first-order chi connectivity index (χ1) is 10.9. The Morgan fingerprint density at radius 1 is 1.18 bits per heavy atom. The molecule has 4 nitrogen and oxygen atoms in total. The minimum Gasteiger partial charge on any atom is -0.304 e. The third kappa shape index (κ3) is 2.80. The SMILES string of the molecule is c1cncc(CNC2CCCc3cn(C4CCCC4)nc32)c1. The fraction of sp³-hybridized carbons (Fsp3) is 0.556. The van der Waals surface area contributed by atoms with Gasteiger partial charge in [-0.2, -0.15) is 5.10 Å². The van der Waals surface area contributed by atoms with E-state index in [4.69, 9.17) is 5.10 Å². The number of nitrogens with zero attached hydrogens (tertiary/aromatic N) is 3. The van der Waals surface area contributed by atoms with E-state index in [-0.39, 0.29) is 0 Å². The normalized spacial score (nSPS) is 21.9. The third-order valence-electron chi connectivity index (χ3n) is 5.08. The highest BCUT2D eigenvalue weighted by molar-refractivity contribution is 5.24. The Morgan fingerprint density at radius 2 is 2.09 bits per heavy atom. The molecule has 0 radical (unpaired) electrons. The smallest absolute Gasteiger partial charge is 0.0826 e. The molecule has 0 aliphatic heterocycles. The van der Waals surface area contributed by atoms with Crippen LogP contribution in [0.15, 0.2) is 30.7 Å². The third-order valence-corrected chi connectivity index (χ3v) is 5.08. The zero-order valence-corrected chi connectivity index (χ0v) is 13.0. The van der Waals surface area contributed by atoms with Gasteiger partial charge < -0.3 is 5.32 Å². The maximum Gasteiger partial charge on any atom is 0.0826 e. The van der Waals surface area contributed by atoms with Crippen molar-refractivity contribution in [1.29, 1.82) is 0 Å². The van der Waals surface area contributed by atoms with Gasteiger partial charge in [0.2, 0.25) is 0 Å². The number of hydrogen-bond acceptors (Lipinski definition) is 3. The van der Waals surface area contributed by atoms with E-state index in [9.17, 15) is 0 Å². The summed E-state index contributed by atoms with van der Waals surface area (Å²) in [6.45, 7) is 0.869. The predicted molar refractivity (Wildman–Crippen MR) is 86.5 cm³/mol. The lowest BCUT2D eigenvalue weighted by Crippen LogP contribution is -2.25. The predicted octanol–water partition coefficient (Wildman–Crippen LogP) is 3.56. The lowest BCUT2D eigenvalue weighted by molar-refractivity contribution is 0.427. The van der Waals surface area contributed by atoms with E-state index in [1.54, 1.807) is 0 Å². The van der Waals surface area contributed by atoms with Crippen molar-refractivity contribution in [2.75, 3.05) is 0 Å². The number of pyridine rings is 1. The van der Waals surface area contributed by atoms with Gasteiger partial charge in [0.25, 0.3) is 0 Å². The monoisotopic (exact) mass is 296 g/mol. The summed E-state index contributed by atoms with van der Waals surface area (Å²) in [6, 6.07) is 5.16. The van der Waals surface area contributed by atoms with Gasteiger partial charge in [-0.25, -0.2) is 0 Å². The summed E-state index contributed by atoms with van der Waals surface area (Å²) >= 11 is 0. The van der Waals surface area contributed by atoms with Crippen molar-refractivity contribution >= 4 is 0 Å². The molecule has 0 spiro atoms. The molecule has 22 heavy (non-hydrogen) atoms. The van der Waals surface area contributed by atoms with Crippen molar-refractivity contribution in [2.24, 2.45) is 0 Å². The Morgan fingerprint density at radius 3 is 2.91 bits per heavy atom. The molecule has 2 aromatic heterocycles. The average Bonchev–Trinajstić information content (AvgIpc) is 3.22. The van der Waals surface area contributed by atoms with Crippen LogP contribution >= 0.6 is 0 Å². The molecule has 0 amide bonds. The first kappa shape index (κ1) is 13.9. The molecule has 4 heteroatoms. The summed E-state index contributed by atoms with van der Waals surface area (Å²) in [4.78, 5) is 4.19. The van der Waals surface area contributed by atoms with Crippen molar-refractivity contribution < 1.29 is 0 Å². The van der Waals surface area contributed by atoms with Crippen molar-refractivity contribution in [3.05, 3.63) is 47.5 Å². The highest BCUT2D eigenvalue weighted by Crippen LogP contribution is 2.33. The minimum absolute atomic E-state index is 0.395. The summed E-state index contributed by atoms with van der Waals surface area (Å²) < 4.78 is 2.27. The number of rotatable bonds is 4. The van der Waals surface area contributed by atoms with E-state index in [0.29, 0.717) is 12.1 Å². The van der Waals surface area contributed by atoms with Gasteiger partial charge in [-0.3, -0.25) is 9.67 Å². The Hall–Kier alpha value is -1.68. The Kier molecular flexibility index (Phi) is 3.94. The fourth-order valence-corrected chi connectivity index (χ4v) is 3.86. The quantitative estimate of drug-likeness (QED) is 0.938. The molecule has 1 saturated carbocycles. The summed E-state index contributed by atoms with van der Waals surface area (Å²) in [5.41, 5.74) is 3.99. The van der Waals surface area contributed by atoms with Crippen molar-refractivity contribution in [3.8, 4) is 0 Å². The molecule has 1 N–H and O–H groups in total. The second-order valence-electron chi connectivity index (χ2n) is 6.64. The van der Waals surface area contributed by atoms with E-state index in [1.165, 1.54) is 61.8 Å². The molecule has 0 aromatic carbocycles. The van der Waals surface area contributed by atoms with E-state index in [2.05, 4.69) is 27.2 Å². The van der Waals surface area contributed by atoms with Crippen LogP contribution in [-0.2, 0) is 13.0 Å². The first-order valence-corrected chi connectivity index (χ1v) is 8.60. The largest absolute Gasteiger partial charge is 0.304 e. The maximum atomic E-state index is 4.97. The number of aromatic nitrogens is 3. The molecule has 0 bridgehead atoms. The van der Waals surface area contributed by atoms with E-state index < -0.39 is 0 Å². The molecule has 0 saturated heterocycles. The molecule has 4 rings (SSSR count). The van der Waals surface area contributed by atoms with Gasteiger partial charge in [-0.05, 0) is 49.3 Å². The van der Waals surface area contributed by atoms with E-state index in [1.807, 2.05) is 18.5 Å². The Labute approximate surface area is 132 Å². The second-order valence-corrected chi connectivity index (χ2v) is 6.64. The van der Waals surface area contributed by atoms with Crippen LogP contribution in [0, 0.1) is 0 Å². The number of nitrogens with one attached hydrogen (secondary N) is 1. The van der Waals surface area contributed by atoms with E-state index in [0.717, 1.165) is 6.54 Å². The standard InChI is InChI=1S/C18H24N4/c1-2-8-16(7-1)22-13-15-6-3-9-17(18(15)21-22)20-12-14-5-4-10-19-11-14/h4-5,10-11,13,16-17,20H,1-3,6-9,12H2. The molecular formula is C18H24N4. The van der Waals surface area contributed by atoms with Gasteiger partial charge in [-0.1, -0.05) is 18.9 Å². The molecule has 2 aromatic rings. The lowest BCUT2D eigenvalue weighted by Gasteiger charge is -2.22. The summed E-state index contributed by atoms with van der Waals surface area (Å²) in [5, 5.41) is 8.65. The van der Waals surface area contributed by atoms with Gasteiger partial charge in [0.1, 0.15) is 0 Å². The van der Waals surface area contributed by atoms with Gasteiger partial charge in [0.15, 0.2) is 0 Å². The molecular weight excluding hydrogens is 272 g/mol. The van der Waals surface area contributed by atoms with Crippen LogP contribution in [-0.4, -0.2) is 14.8 Å². The van der Waals surface area contributed by atoms with Crippen LogP contribution in [0.1, 0.15) is 67.4 Å². The van der Waals surface area contributed by atoms with Gasteiger partial charge >= 0.3 is 0 Å². The maximum absolute atomic E-state index is 4.97. The van der Waals surface area contributed by atoms with Crippen LogP contribution in [0.4, 0.5) is 0 Å². The lowest BCUT2D eigenvalue weighted by atomic mass is 9.93. The zero-order valence-electron chi connectivity index (χ0n) is 13.0. The van der Waals surface area contributed by atoms with Crippen LogP contribution < -0.4 is 5.32 Å². The molecule has 116 valence electrons. The van der Waals surface area contributed by atoms with Gasteiger partial charge in [0.05, 0.1) is 17.8 Å². The summed E-state index contributed by atoms with van der Waals surface area (Å²) in [7, 11) is 0. The second kappa shape index (κ2) is 6.21. The van der Waals surface area contributed by atoms with Crippen LogP contribution in [0.2, 0.25) is 0 Å². The van der Waals surface area contributed by atoms with Crippen molar-refractivity contribution in [3.63, 3.8) is 0 Å². The number of hydrogen-bond donors (Lipinski definition) is 1. The molecule has 1 unspecified atom stereocenters. The molecule has 2 aliphatic carbocycles. The molecule has 1 fully saturated rings. The molecule has 2 aliphatic rings. The fourth-order valence-electron chi connectivity index (χ4n) is 3.86. The van der Waals surface area contributed by atoms with Crippen LogP contribution in [0.5, 0.6) is 0 Å². The van der Waals surface area contributed by atoms with E-state index >= 15 is 0 Å². The molecule has 1 atom stereocenters. The minimum atomic E-state index is 0.395. The summed E-state index contributed by atoms with van der Waals surface area (Å²) in [5.74, 6) is 0. The Bertz CT molecular complexity index is 613. The number of fused-ring (bicyclic) bond motifs is 1. The molecule has 2 heterocycles. The highest BCUT2D eigenvalue weighted by atomic mass is 15.3. The summed E-state index contributed by atoms with van der Waals surface area (Å²) in [6.07, 6.45) is 15.0. The topological polar surface area (TPSA) is 42.7 Å². The Balaban J connectivity index is 1.49. The average molecular weight is 296 g/mol. The van der Waals surface area contributed by atoms with Gasteiger partial charge in [-0.15, -0.1) is 0 Å². The zero-order chi connectivity index (χ0) is 14.8. The van der Waals surface area contributed by atoms with Gasteiger partial charge in [0, 0.05) is 25.1 Å². The van der Waals surface area contributed by atoms with Crippen molar-refractivity contribution in [2.45, 2.75) is 63.6 Å². The van der Waals surface area contributed by atoms with Crippen LogP contribution in [0.3, 0.4) is 0 Å². The first-order valence-electron chi connectivity index (χ1n) is 8.60.